The van der Waals surface area contributed by atoms with Crippen molar-refractivity contribution in [2.45, 2.75) is 51.1 Å². The van der Waals surface area contributed by atoms with Crippen molar-refractivity contribution in [1.29, 1.82) is 0 Å². The van der Waals surface area contributed by atoms with Gasteiger partial charge in [-0.25, -0.2) is 4.63 Å². The van der Waals surface area contributed by atoms with E-state index in [-0.39, 0.29) is 17.9 Å². The number of carbonyl (C=O) groups is 2. The van der Waals surface area contributed by atoms with Crippen molar-refractivity contribution in [2.24, 2.45) is 17.6 Å². The van der Waals surface area contributed by atoms with Crippen LogP contribution in [0.1, 0.15) is 49.4 Å². The summed E-state index contributed by atoms with van der Waals surface area (Å²) in [5.74, 6) is -0.570. The van der Waals surface area contributed by atoms with Gasteiger partial charge in [-0.3, -0.25) is 9.59 Å². The molecule has 8 heteroatoms. The van der Waals surface area contributed by atoms with Crippen LogP contribution >= 0.6 is 0 Å². The maximum absolute atomic E-state index is 12.8. The molecule has 0 spiro atoms. The Morgan fingerprint density at radius 3 is 2.59 bits per heavy atom. The highest BCUT2D eigenvalue weighted by Crippen LogP contribution is 2.32. The summed E-state index contributed by atoms with van der Waals surface area (Å²) < 4.78 is 4.68. The van der Waals surface area contributed by atoms with Gasteiger partial charge in [0.05, 0.1) is 0 Å². The average Bonchev–Trinajstić information content (AvgIpc) is 3.14. The second-order valence-electron chi connectivity index (χ2n) is 7.64. The van der Waals surface area contributed by atoms with E-state index in [2.05, 4.69) is 14.9 Å². The van der Waals surface area contributed by atoms with Gasteiger partial charge in [0.2, 0.25) is 0 Å². The lowest BCUT2D eigenvalue weighted by Gasteiger charge is -2.36. The molecule has 1 aliphatic rings. The van der Waals surface area contributed by atoms with Crippen LogP contribution in [0.5, 0.6) is 0 Å². The van der Waals surface area contributed by atoms with Crippen molar-refractivity contribution in [1.82, 2.24) is 15.2 Å². The molecule has 146 valence electrons. The quantitative estimate of drug-likeness (QED) is 0.795. The molecule has 2 aromatic rings. The van der Waals surface area contributed by atoms with Crippen LogP contribution in [-0.4, -0.2) is 51.3 Å². The van der Waals surface area contributed by atoms with Crippen LogP contribution in [-0.2, 0) is 4.79 Å². The zero-order chi connectivity index (χ0) is 19.6. The molecular formula is C19H26N4O4. The fraction of sp³-hybridized carbons (Fsp3) is 0.579. The van der Waals surface area contributed by atoms with Crippen molar-refractivity contribution >= 4 is 22.9 Å². The lowest BCUT2D eigenvalue weighted by molar-refractivity contribution is -0.139. The molecule has 0 aliphatic heterocycles. The Bertz CT molecular complexity index is 813. The van der Waals surface area contributed by atoms with Crippen molar-refractivity contribution in [3.8, 4) is 0 Å². The third-order valence-electron chi connectivity index (χ3n) is 5.79. The van der Waals surface area contributed by atoms with Crippen molar-refractivity contribution < 1.29 is 19.3 Å². The molecule has 1 aliphatic carbocycles. The van der Waals surface area contributed by atoms with Gasteiger partial charge in [-0.15, -0.1) is 0 Å². The van der Waals surface area contributed by atoms with Gasteiger partial charge in [0.25, 0.3) is 5.91 Å². The maximum Gasteiger partial charge on any atom is 0.320 e. The second kappa shape index (κ2) is 8.04. The lowest BCUT2D eigenvalue weighted by atomic mass is 9.79. The fourth-order valence-corrected chi connectivity index (χ4v) is 3.97. The second-order valence-corrected chi connectivity index (χ2v) is 7.64. The number of hydrogen-bond donors (Lipinski definition) is 2. The summed E-state index contributed by atoms with van der Waals surface area (Å²) >= 11 is 0. The summed E-state index contributed by atoms with van der Waals surface area (Å²) in [6, 6.07) is 4.55. The van der Waals surface area contributed by atoms with E-state index < -0.39 is 12.0 Å². The predicted molar refractivity (Wildman–Crippen MR) is 99.0 cm³/mol. The Hall–Kier alpha value is -2.48. The molecule has 8 nitrogen and oxygen atoms in total. The molecule has 0 saturated heterocycles. The average molecular weight is 374 g/mol. The Morgan fingerprint density at radius 2 is 1.93 bits per heavy atom. The summed E-state index contributed by atoms with van der Waals surface area (Å²) in [7, 11) is 1.83. The molecule has 1 fully saturated rings. The highest BCUT2D eigenvalue weighted by Gasteiger charge is 2.30. The molecule has 1 saturated carbocycles. The Labute approximate surface area is 157 Å². The minimum atomic E-state index is -0.944. The standard InChI is InChI=1S/C19H26N4O4/c1-11(17(20)19(25)26)9-12-3-6-14(7-4-12)23(2)18(24)13-5-8-15-16(10-13)22-27-21-15/h5,8,10-12,14,17H,3-4,6-7,9,20H2,1-2H3,(H,25,26)/t11?,12?,14?,17-/m0/s1. The van der Waals surface area contributed by atoms with Gasteiger partial charge in [0, 0.05) is 18.7 Å². The van der Waals surface area contributed by atoms with Crippen LogP contribution in [0.25, 0.3) is 11.0 Å². The van der Waals surface area contributed by atoms with Crippen LogP contribution < -0.4 is 5.73 Å². The van der Waals surface area contributed by atoms with Crippen LogP contribution in [0.2, 0.25) is 0 Å². The molecule has 27 heavy (non-hydrogen) atoms. The first kappa shape index (κ1) is 19.3. The SMILES string of the molecule is CC(CC1CCC(N(C)C(=O)c2ccc3nonc3c2)CC1)[C@H](N)C(=O)O. The maximum atomic E-state index is 12.8. The van der Waals surface area contributed by atoms with Gasteiger partial charge in [0.1, 0.15) is 17.1 Å². The number of aliphatic carboxylic acids is 1. The minimum absolute atomic E-state index is 0.0374. The smallest absolute Gasteiger partial charge is 0.320 e. The molecule has 3 rings (SSSR count). The first-order valence-corrected chi connectivity index (χ1v) is 9.34. The van der Waals surface area contributed by atoms with Gasteiger partial charge in [0.15, 0.2) is 0 Å². The monoisotopic (exact) mass is 374 g/mol. The van der Waals surface area contributed by atoms with Crippen molar-refractivity contribution in [3.63, 3.8) is 0 Å². The summed E-state index contributed by atoms with van der Waals surface area (Å²) in [5, 5.41) is 16.6. The number of nitrogens with two attached hydrogens (primary N) is 1. The van der Waals surface area contributed by atoms with Crippen LogP contribution in [0.3, 0.4) is 0 Å². The lowest BCUT2D eigenvalue weighted by Crippen LogP contribution is -2.41. The largest absolute Gasteiger partial charge is 0.480 e. The number of nitrogens with zero attached hydrogens (tertiary/aromatic N) is 3. The van der Waals surface area contributed by atoms with Gasteiger partial charge >= 0.3 is 5.97 Å². The first-order chi connectivity index (χ1) is 12.9. The number of aromatic nitrogens is 2. The van der Waals surface area contributed by atoms with E-state index >= 15 is 0 Å². The number of carboxylic acid groups (broad SMARTS) is 1. The van der Waals surface area contributed by atoms with E-state index in [0.29, 0.717) is 22.5 Å². The molecule has 0 bridgehead atoms. The van der Waals surface area contributed by atoms with E-state index in [1.165, 1.54) is 0 Å². The summed E-state index contributed by atoms with van der Waals surface area (Å²) in [6.45, 7) is 1.90. The molecule has 1 aromatic heterocycles. The number of fused-ring (bicyclic) bond motifs is 1. The van der Waals surface area contributed by atoms with Gasteiger partial charge < -0.3 is 15.7 Å². The van der Waals surface area contributed by atoms with E-state index in [0.717, 1.165) is 32.1 Å². The van der Waals surface area contributed by atoms with Crippen LogP contribution in [0, 0.1) is 11.8 Å². The summed E-state index contributed by atoms with van der Waals surface area (Å²) in [6.07, 6.45) is 4.59. The van der Waals surface area contributed by atoms with E-state index in [1.807, 2.05) is 14.0 Å². The van der Waals surface area contributed by atoms with Gasteiger partial charge in [-0.1, -0.05) is 6.92 Å². The van der Waals surface area contributed by atoms with Gasteiger partial charge in [-0.2, -0.15) is 0 Å². The molecule has 2 atom stereocenters. The topological polar surface area (TPSA) is 123 Å². The zero-order valence-corrected chi connectivity index (χ0v) is 15.7. The van der Waals surface area contributed by atoms with Crippen molar-refractivity contribution in [3.05, 3.63) is 23.8 Å². The van der Waals surface area contributed by atoms with E-state index in [4.69, 9.17) is 10.8 Å². The zero-order valence-electron chi connectivity index (χ0n) is 15.7. The summed E-state index contributed by atoms with van der Waals surface area (Å²) in [4.78, 5) is 25.6. The molecule has 3 N–H and O–H groups in total. The Morgan fingerprint density at radius 1 is 1.26 bits per heavy atom. The van der Waals surface area contributed by atoms with Crippen molar-refractivity contribution in [2.75, 3.05) is 7.05 Å². The number of carbonyl (C=O) groups excluding carboxylic acids is 1. The Kier molecular flexibility index (Phi) is 5.74. The van der Waals surface area contributed by atoms with Crippen LogP contribution in [0.4, 0.5) is 0 Å². The molecule has 0 radical (unpaired) electrons. The molecule has 1 heterocycles. The molecule has 1 unspecified atom stereocenters. The van der Waals surface area contributed by atoms with E-state index in [1.54, 1.807) is 23.1 Å². The molecular weight excluding hydrogens is 348 g/mol. The number of carboxylic acids is 1. The fourth-order valence-electron chi connectivity index (χ4n) is 3.97. The third kappa shape index (κ3) is 4.27. The Balaban J connectivity index is 1.55. The highest BCUT2D eigenvalue weighted by atomic mass is 16.6. The molecule has 1 aromatic carbocycles. The number of hydrogen-bond acceptors (Lipinski definition) is 6. The molecule has 1 amide bonds. The first-order valence-electron chi connectivity index (χ1n) is 9.34. The number of amides is 1. The normalized spacial score (nSPS) is 22.3. The van der Waals surface area contributed by atoms with Gasteiger partial charge in [-0.05, 0) is 72.5 Å². The van der Waals surface area contributed by atoms with E-state index in [9.17, 15) is 9.59 Å². The number of benzene rings is 1. The highest BCUT2D eigenvalue weighted by molar-refractivity contribution is 5.97. The predicted octanol–water partition coefficient (Wildman–Crippen LogP) is 2.29. The summed E-state index contributed by atoms with van der Waals surface area (Å²) in [5.41, 5.74) is 7.49. The minimum Gasteiger partial charge on any atom is -0.480 e. The third-order valence-corrected chi connectivity index (χ3v) is 5.79. The number of rotatable bonds is 6. The van der Waals surface area contributed by atoms with Crippen LogP contribution in [0.15, 0.2) is 22.8 Å².